The fraction of sp³-hybridized carbons (Fsp3) is 0.455. The van der Waals surface area contributed by atoms with E-state index in [0.29, 0.717) is 11.7 Å². The highest BCUT2D eigenvalue weighted by molar-refractivity contribution is 7.92. The molecule has 4 nitrogen and oxygen atoms in total. The topological polar surface area (TPSA) is 58.2 Å². The number of benzene rings is 1. The van der Waals surface area contributed by atoms with Crippen molar-refractivity contribution in [1.82, 2.24) is 5.32 Å². The van der Waals surface area contributed by atoms with Crippen LogP contribution in [0.25, 0.3) is 0 Å². The summed E-state index contributed by atoms with van der Waals surface area (Å²) in [5.41, 5.74) is 1.83. The van der Waals surface area contributed by atoms with Crippen molar-refractivity contribution in [2.75, 3.05) is 17.5 Å². The highest BCUT2D eigenvalue weighted by Crippen LogP contribution is 2.24. The quantitative estimate of drug-likeness (QED) is 0.841. The van der Waals surface area contributed by atoms with E-state index in [1.54, 1.807) is 12.1 Å². The van der Waals surface area contributed by atoms with E-state index < -0.39 is 10.0 Å². The Balaban J connectivity index is 2.10. The zero-order valence-corrected chi connectivity index (χ0v) is 10.0. The Bertz CT molecular complexity index is 447. The van der Waals surface area contributed by atoms with Crippen molar-refractivity contribution >= 4 is 15.7 Å². The predicted octanol–water partition coefficient (Wildman–Crippen LogP) is 1.48. The van der Waals surface area contributed by atoms with E-state index in [9.17, 15) is 8.42 Å². The van der Waals surface area contributed by atoms with Crippen molar-refractivity contribution in [1.29, 1.82) is 0 Å². The summed E-state index contributed by atoms with van der Waals surface area (Å²) in [6.07, 6.45) is 3.51. The first-order valence-electron chi connectivity index (χ1n) is 5.36. The van der Waals surface area contributed by atoms with Crippen LogP contribution in [-0.2, 0) is 10.0 Å². The second-order valence-corrected chi connectivity index (χ2v) is 5.89. The largest absolute Gasteiger partial charge is 0.310 e. The summed E-state index contributed by atoms with van der Waals surface area (Å²) in [7, 11) is -3.17. The Labute approximate surface area is 96.1 Å². The van der Waals surface area contributed by atoms with E-state index in [0.717, 1.165) is 19.2 Å². The van der Waals surface area contributed by atoms with Gasteiger partial charge in [0.05, 0.1) is 6.26 Å². The molecule has 1 heterocycles. The van der Waals surface area contributed by atoms with Crippen molar-refractivity contribution in [3.05, 3.63) is 29.8 Å². The van der Waals surface area contributed by atoms with Gasteiger partial charge in [-0.25, -0.2) is 8.42 Å². The van der Waals surface area contributed by atoms with Crippen molar-refractivity contribution in [3.8, 4) is 0 Å². The van der Waals surface area contributed by atoms with E-state index >= 15 is 0 Å². The first-order valence-corrected chi connectivity index (χ1v) is 7.25. The van der Waals surface area contributed by atoms with Gasteiger partial charge in [-0.3, -0.25) is 4.72 Å². The minimum absolute atomic E-state index is 0.423. The van der Waals surface area contributed by atoms with Crippen LogP contribution < -0.4 is 10.0 Å². The molecule has 1 fully saturated rings. The third-order valence-electron chi connectivity index (χ3n) is 2.68. The number of anilines is 1. The number of hydrogen-bond donors (Lipinski definition) is 2. The molecule has 1 aliphatic heterocycles. The second-order valence-electron chi connectivity index (χ2n) is 4.15. The highest BCUT2D eigenvalue weighted by atomic mass is 32.2. The van der Waals surface area contributed by atoms with Crippen molar-refractivity contribution in [2.24, 2.45) is 0 Å². The maximum atomic E-state index is 11.0. The molecule has 1 aliphatic rings. The Morgan fingerprint density at radius 2 is 2.00 bits per heavy atom. The van der Waals surface area contributed by atoms with Crippen LogP contribution in [0.2, 0.25) is 0 Å². The molecule has 16 heavy (non-hydrogen) atoms. The van der Waals surface area contributed by atoms with Crippen LogP contribution >= 0.6 is 0 Å². The number of sulfonamides is 1. The third-order valence-corrected chi connectivity index (χ3v) is 3.28. The first kappa shape index (κ1) is 11.4. The van der Waals surface area contributed by atoms with E-state index in [1.165, 1.54) is 12.0 Å². The van der Waals surface area contributed by atoms with Crippen LogP contribution in [0.3, 0.4) is 0 Å². The van der Waals surface area contributed by atoms with Gasteiger partial charge in [0.15, 0.2) is 0 Å². The zero-order chi connectivity index (χ0) is 11.6. The summed E-state index contributed by atoms with van der Waals surface area (Å²) < 4.78 is 24.5. The summed E-state index contributed by atoms with van der Waals surface area (Å²) in [5.74, 6) is 0. The number of rotatable bonds is 3. The second kappa shape index (κ2) is 4.43. The molecule has 0 aromatic heterocycles. The Hall–Kier alpha value is -1.07. The third kappa shape index (κ3) is 2.96. The maximum absolute atomic E-state index is 11.0. The van der Waals surface area contributed by atoms with Crippen LogP contribution in [0.5, 0.6) is 0 Å². The molecule has 1 atom stereocenters. The van der Waals surface area contributed by atoms with Crippen LogP contribution in [0.15, 0.2) is 24.3 Å². The van der Waals surface area contributed by atoms with Gasteiger partial charge in [0.1, 0.15) is 0 Å². The Kier molecular flexibility index (Phi) is 3.16. The normalized spacial score (nSPS) is 20.9. The van der Waals surface area contributed by atoms with E-state index in [2.05, 4.69) is 10.0 Å². The van der Waals surface area contributed by atoms with Crippen molar-refractivity contribution in [3.63, 3.8) is 0 Å². The summed E-state index contributed by atoms with van der Waals surface area (Å²) >= 11 is 0. The molecule has 0 saturated carbocycles. The van der Waals surface area contributed by atoms with Gasteiger partial charge in [-0.1, -0.05) is 12.1 Å². The van der Waals surface area contributed by atoms with Crippen LogP contribution in [0.1, 0.15) is 24.4 Å². The molecule has 0 spiro atoms. The molecule has 0 radical (unpaired) electrons. The van der Waals surface area contributed by atoms with E-state index in [-0.39, 0.29) is 0 Å². The minimum atomic E-state index is -3.17. The van der Waals surface area contributed by atoms with Gasteiger partial charge in [-0.05, 0) is 37.1 Å². The lowest BCUT2D eigenvalue weighted by atomic mass is 10.1. The molecule has 88 valence electrons. The standard InChI is InChI=1S/C11H16N2O2S/c1-16(14,15)13-10-6-4-9(5-7-10)11-3-2-8-12-11/h4-7,11-13H,2-3,8H2,1H3. The maximum Gasteiger partial charge on any atom is 0.229 e. The van der Waals surface area contributed by atoms with Crippen molar-refractivity contribution in [2.45, 2.75) is 18.9 Å². The highest BCUT2D eigenvalue weighted by Gasteiger charge is 2.15. The predicted molar refractivity (Wildman–Crippen MR) is 64.9 cm³/mol. The van der Waals surface area contributed by atoms with Gasteiger partial charge in [0.2, 0.25) is 10.0 Å². The van der Waals surface area contributed by atoms with Gasteiger partial charge in [-0.2, -0.15) is 0 Å². The molecule has 0 aliphatic carbocycles. The lowest BCUT2D eigenvalue weighted by Gasteiger charge is -2.11. The van der Waals surface area contributed by atoms with Crippen LogP contribution in [-0.4, -0.2) is 21.2 Å². The molecule has 0 amide bonds. The van der Waals surface area contributed by atoms with E-state index in [1.807, 2.05) is 12.1 Å². The van der Waals surface area contributed by atoms with E-state index in [4.69, 9.17) is 0 Å². The first-order chi connectivity index (χ1) is 7.54. The Morgan fingerprint density at radius 1 is 1.31 bits per heavy atom. The molecule has 1 unspecified atom stereocenters. The van der Waals surface area contributed by atoms with Crippen LogP contribution in [0, 0.1) is 0 Å². The van der Waals surface area contributed by atoms with Gasteiger partial charge >= 0.3 is 0 Å². The average Bonchev–Trinajstić information content (AvgIpc) is 2.69. The molecule has 1 aromatic carbocycles. The summed E-state index contributed by atoms with van der Waals surface area (Å²) in [6, 6.07) is 7.96. The molecule has 2 N–H and O–H groups in total. The smallest absolute Gasteiger partial charge is 0.229 e. The average molecular weight is 240 g/mol. The molecule has 1 saturated heterocycles. The fourth-order valence-corrected chi connectivity index (χ4v) is 2.53. The Morgan fingerprint density at radius 3 is 2.50 bits per heavy atom. The molecule has 1 aromatic rings. The summed E-state index contributed by atoms with van der Waals surface area (Å²) in [6.45, 7) is 1.06. The fourth-order valence-electron chi connectivity index (χ4n) is 1.97. The van der Waals surface area contributed by atoms with Gasteiger partial charge < -0.3 is 5.32 Å². The van der Waals surface area contributed by atoms with Gasteiger partial charge in [0, 0.05) is 11.7 Å². The monoisotopic (exact) mass is 240 g/mol. The summed E-state index contributed by atoms with van der Waals surface area (Å²) in [5, 5.41) is 3.40. The van der Waals surface area contributed by atoms with Crippen molar-refractivity contribution < 1.29 is 8.42 Å². The zero-order valence-electron chi connectivity index (χ0n) is 9.23. The molecule has 2 rings (SSSR count). The van der Waals surface area contributed by atoms with Crippen LogP contribution in [0.4, 0.5) is 5.69 Å². The molecular weight excluding hydrogens is 224 g/mol. The lowest BCUT2D eigenvalue weighted by Crippen LogP contribution is -2.13. The summed E-state index contributed by atoms with van der Waals surface area (Å²) in [4.78, 5) is 0. The van der Waals surface area contributed by atoms with Gasteiger partial charge in [-0.15, -0.1) is 0 Å². The number of nitrogens with one attached hydrogen (secondary N) is 2. The SMILES string of the molecule is CS(=O)(=O)Nc1ccc(C2CCCN2)cc1. The molecule has 0 bridgehead atoms. The number of hydrogen-bond acceptors (Lipinski definition) is 3. The molecule has 5 heteroatoms. The lowest BCUT2D eigenvalue weighted by molar-refractivity contribution is 0.607. The minimum Gasteiger partial charge on any atom is -0.310 e. The molecular formula is C11H16N2O2S. The van der Waals surface area contributed by atoms with Gasteiger partial charge in [0.25, 0.3) is 0 Å².